The normalized spacial score (nSPS) is 12.3. The van der Waals surface area contributed by atoms with Gasteiger partial charge in [0.25, 0.3) is 0 Å². The molecule has 0 fully saturated rings. The van der Waals surface area contributed by atoms with Gasteiger partial charge in [0.2, 0.25) is 11.7 Å². The predicted octanol–water partition coefficient (Wildman–Crippen LogP) is 2.98. The van der Waals surface area contributed by atoms with E-state index in [1.807, 2.05) is 36.4 Å². The van der Waals surface area contributed by atoms with E-state index in [1.54, 1.807) is 12.4 Å². The lowest BCUT2D eigenvalue weighted by Crippen LogP contribution is -2.14. The van der Waals surface area contributed by atoms with Crippen LogP contribution in [0.1, 0.15) is 17.4 Å². The van der Waals surface area contributed by atoms with E-state index in [4.69, 9.17) is 10.3 Å². The van der Waals surface area contributed by atoms with Gasteiger partial charge in [-0.2, -0.15) is 4.98 Å². The largest absolute Gasteiger partial charge is 0.338 e. The zero-order valence-corrected chi connectivity index (χ0v) is 12.7. The maximum absolute atomic E-state index is 5.86. The van der Waals surface area contributed by atoms with Crippen LogP contribution in [0.5, 0.6) is 0 Å². The zero-order valence-electron chi connectivity index (χ0n) is 11.1. The SMILES string of the molecule is NCC(c1ccccc1)c1nc(-c2cncc(Br)c2)no1. The Morgan fingerprint density at radius 1 is 1.19 bits per heavy atom. The van der Waals surface area contributed by atoms with Gasteiger partial charge in [-0.3, -0.25) is 4.98 Å². The van der Waals surface area contributed by atoms with E-state index in [0.717, 1.165) is 15.6 Å². The number of nitrogens with zero attached hydrogens (tertiary/aromatic N) is 3. The molecule has 21 heavy (non-hydrogen) atoms. The van der Waals surface area contributed by atoms with Gasteiger partial charge in [-0.25, -0.2) is 0 Å². The lowest BCUT2D eigenvalue weighted by Gasteiger charge is -2.09. The molecule has 0 saturated carbocycles. The Labute approximate surface area is 130 Å². The molecule has 0 saturated heterocycles. The van der Waals surface area contributed by atoms with Gasteiger partial charge in [0.1, 0.15) is 0 Å². The number of nitrogens with two attached hydrogens (primary N) is 1. The van der Waals surface area contributed by atoms with Crippen molar-refractivity contribution in [2.24, 2.45) is 5.73 Å². The van der Waals surface area contributed by atoms with Crippen molar-refractivity contribution in [1.29, 1.82) is 0 Å². The minimum Gasteiger partial charge on any atom is -0.338 e. The first-order valence-corrected chi connectivity index (χ1v) is 7.27. The van der Waals surface area contributed by atoms with Crippen LogP contribution in [-0.2, 0) is 0 Å². The molecule has 5 nitrogen and oxygen atoms in total. The molecule has 0 aliphatic carbocycles. The molecule has 3 rings (SSSR count). The van der Waals surface area contributed by atoms with Gasteiger partial charge >= 0.3 is 0 Å². The Balaban J connectivity index is 1.94. The Morgan fingerprint density at radius 2 is 2.00 bits per heavy atom. The predicted molar refractivity (Wildman–Crippen MR) is 82.6 cm³/mol. The second-order valence-electron chi connectivity index (χ2n) is 4.55. The fraction of sp³-hybridized carbons (Fsp3) is 0.133. The number of pyridine rings is 1. The van der Waals surface area contributed by atoms with Crippen molar-refractivity contribution in [2.45, 2.75) is 5.92 Å². The highest BCUT2D eigenvalue weighted by atomic mass is 79.9. The van der Waals surface area contributed by atoms with Crippen LogP contribution in [0.4, 0.5) is 0 Å². The number of halogens is 1. The monoisotopic (exact) mass is 344 g/mol. The fourth-order valence-electron chi connectivity index (χ4n) is 2.09. The first-order chi connectivity index (χ1) is 10.3. The van der Waals surface area contributed by atoms with E-state index in [2.05, 4.69) is 31.1 Å². The molecule has 1 atom stereocenters. The molecule has 0 aliphatic rings. The van der Waals surface area contributed by atoms with Crippen LogP contribution in [0, 0.1) is 0 Å². The number of aromatic nitrogens is 3. The van der Waals surface area contributed by atoms with Crippen LogP contribution in [0.25, 0.3) is 11.4 Å². The van der Waals surface area contributed by atoms with Crippen LogP contribution < -0.4 is 5.73 Å². The summed E-state index contributed by atoms with van der Waals surface area (Å²) < 4.78 is 6.25. The summed E-state index contributed by atoms with van der Waals surface area (Å²) >= 11 is 3.38. The van der Waals surface area contributed by atoms with Gasteiger partial charge in [0.05, 0.1) is 5.92 Å². The third-order valence-corrected chi connectivity index (χ3v) is 3.57. The molecule has 0 radical (unpaired) electrons. The summed E-state index contributed by atoms with van der Waals surface area (Å²) in [4.78, 5) is 8.55. The Hall–Kier alpha value is -2.05. The van der Waals surface area contributed by atoms with Crippen LogP contribution in [0.3, 0.4) is 0 Å². The molecule has 106 valence electrons. The summed E-state index contributed by atoms with van der Waals surface area (Å²) in [6.45, 7) is 0.405. The summed E-state index contributed by atoms with van der Waals surface area (Å²) in [5.74, 6) is 0.916. The van der Waals surface area contributed by atoms with Gasteiger partial charge in [-0.1, -0.05) is 35.5 Å². The van der Waals surface area contributed by atoms with E-state index in [0.29, 0.717) is 18.3 Å². The molecular formula is C15H13BrN4O. The van der Waals surface area contributed by atoms with E-state index >= 15 is 0 Å². The topological polar surface area (TPSA) is 77.8 Å². The molecule has 2 heterocycles. The van der Waals surface area contributed by atoms with Crippen LogP contribution in [-0.4, -0.2) is 21.7 Å². The maximum Gasteiger partial charge on any atom is 0.235 e. The number of benzene rings is 1. The van der Waals surface area contributed by atoms with E-state index in [1.165, 1.54) is 0 Å². The van der Waals surface area contributed by atoms with E-state index in [-0.39, 0.29) is 5.92 Å². The van der Waals surface area contributed by atoms with Gasteiger partial charge in [0, 0.05) is 29.0 Å². The van der Waals surface area contributed by atoms with Gasteiger partial charge in [-0.15, -0.1) is 0 Å². The first kappa shape index (κ1) is 13.9. The van der Waals surface area contributed by atoms with Crippen molar-refractivity contribution in [3.63, 3.8) is 0 Å². The molecule has 0 amide bonds. The molecule has 3 aromatic rings. The number of rotatable bonds is 4. The van der Waals surface area contributed by atoms with Crippen LogP contribution in [0.2, 0.25) is 0 Å². The third-order valence-electron chi connectivity index (χ3n) is 3.14. The summed E-state index contributed by atoms with van der Waals surface area (Å²) in [5, 5.41) is 4.02. The standard InChI is InChI=1S/C15H13BrN4O/c16-12-6-11(8-18-9-12)14-19-15(21-20-14)13(7-17)10-4-2-1-3-5-10/h1-6,8-9,13H,7,17H2. The van der Waals surface area contributed by atoms with Crippen LogP contribution >= 0.6 is 15.9 Å². The van der Waals surface area contributed by atoms with Crippen molar-refractivity contribution in [3.05, 3.63) is 64.7 Å². The van der Waals surface area contributed by atoms with Crippen molar-refractivity contribution in [3.8, 4) is 11.4 Å². The van der Waals surface area contributed by atoms with Gasteiger partial charge in [0.15, 0.2) is 0 Å². The van der Waals surface area contributed by atoms with Gasteiger partial charge in [-0.05, 0) is 27.6 Å². The highest BCUT2D eigenvalue weighted by Crippen LogP contribution is 2.25. The van der Waals surface area contributed by atoms with E-state index < -0.39 is 0 Å². The number of hydrogen-bond acceptors (Lipinski definition) is 5. The molecule has 0 bridgehead atoms. The van der Waals surface area contributed by atoms with Crippen molar-refractivity contribution >= 4 is 15.9 Å². The summed E-state index contributed by atoms with van der Waals surface area (Å²) in [6.07, 6.45) is 3.40. The number of hydrogen-bond donors (Lipinski definition) is 1. The summed E-state index contributed by atoms with van der Waals surface area (Å²) in [5.41, 5.74) is 7.71. The lowest BCUT2D eigenvalue weighted by molar-refractivity contribution is 0.367. The summed E-state index contributed by atoms with van der Waals surface area (Å²) in [7, 11) is 0. The second kappa shape index (κ2) is 6.15. The summed E-state index contributed by atoms with van der Waals surface area (Å²) in [6, 6.07) is 11.8. The molecule has 2 N–H and O–H groups in total. The maximum atomic E-state index is 5.86. The Morgan fingerprint density at radius 3 is 2.71 bits per heavy atom. The highest BCUT2D eigenvalue weighted by molar-refractivity contribution is 9.10. The van der Waals surface area contributed by atoms with Gasteiger partial charge < -0.3 is 10.3 Å². The zero-order chi connectivity index (χ0) is 14.7. The molecule has 2 aromatic heterocycles. The minimum absolute atomic E-state index is 0.104. The average molecular weight is 345 g/mol. The molecular weight excluding hydrogens is 332 g/mol. The lowest BCUT2D eigenvalue weighted by atomic mass is 9.99. The minimum atomic E-state index is -0.104. The molecule has 1 unspecified atom stereocenters. The molecule has 0 aliphatic heterocycles. The Bertz CT molecular complexity index is 729. The first-order valence-electron chi connectivity index (χ1n) is 6.47. The average Bonchev–Trinajstić information content (AvgIpc) is 2.99. The third kappa shape index (κ3) is 3.01. The molecule has 6 heteroatoms. The second-order valence-corrected chi connectivity index (χ2v) is 5.46. The van der Waals surface area contributed by atoms with Crippen molar-refractivity contribution in [1.82, 2.24) is 15.1 Å². The van der Waals surface area contributed by atoms with Crippen molar-refractivity contribution < 1.29 is 4.52 Å². The van der Waals surface area contributed by atoms with Crippen LogP contribution in [0.15, 0.2) is 57.8 Å². The molecule has 0 spiro atoms. The molecule has 1 aromatic carbocycles. The smallest absolute Gasteiger partial charge is 0.235 e. The fourth-order valence-corrected chi connectivity index (χ4v) is 2.46. The van der Waals surface area contributed by atoms with E-state index in [9.17, 15) is 0 Å². The highest BCUT2D eigenvalue weighted by Gasteiger charge is 2.20. The Kier molecular flexibility index (Phi) is 4.08. The van der Waals surface area contributed by atoms with Crippen molar-refractivity contribution in [2.75, 3.05) is 6.54 Å². The quantitative estimate of drug-likeness (QED) is 0.787.